The molecule has 98 valence electrons. The SMILES string of the molecule is COC(=O)Cc1c(C(F)F)cc([N+](=O)[O-])nc1Br. The second kappa shape index (κ2) is 5.80. The van der Waals surface area contributed by atoms with Crippen molar-refractivity contribution < 1.29 is 23.2 Å². The molecule has 0 aromatic carbocycles. The Kier molecular flexibility index (Phi) is 4.65. The molecule has 0 spiro atoms. The number of nitro groups is 1. The maximum absolute atomic E-state index is 12.8. The van der Waals surface area contributed by atoms with Crippen molar-refractivity contribution in [3.8, 4) is 0 Å². The van der Waals surface area contributed by atoms with Crippen LogP contribution < -0.4 is 0 Å². The van der Waals surface area contributed by atoms with Crippen molar-refractivity contribution in [2.24, 2.45) is 0 Å². The number of esters is 1. The summed E-state index contributed by atoms with van der Waals surface area (Å²) in [5.41, 5.74) is -0.739. The van der Waals surface area contributed by atoms with Gasteiger partial charge in [-0.05, 0) is 9.91 Å². The van der Waals surface area contributed by atoms with Crippen molar-refractivity contribution in [2.75, 3.05) is 7.11 Å². The summed E-state index contributed by atoms with van der Waals surface area (Å²) in [4.78, 5) is 24.2. The van der Waals surface area contributed by atoms with Crippen molar-refractivity contribution in [1.29, 1.82) is 0 Å². The van der Waals surface area contributed by atoms with Crippen molar-refractivity contribution in [3.63, 3.8) is 0 Å². The fourth-order valence-electron chi connectivity index (χ4n) is 1.23. The predicted molar refractivity (Wildman–Crippen MR) is 59.3 cm³/mol. The first-order valence-electron chi connectivity index (χ1n) is 4.55. The van der Waals surface area contributed by atoms with E-state index in [-0.39, 0.29) is 10.2 Å². The van der Waals surface area contributed by atoms with E-state index in [1.165, 1.54) is 0 Å². The zero-order chi connectivity index (χ0) is 13.9. The summed E-state index contributed by atoms with van der Waals surface area (Å²) >= 11 is 2.84. The van der Waals surface area contributed by atoms with Gasteiger partial charge in [0.05, 0.1) is 13.5 Å². The molecule has 6 nitrogen and oxygen atoms in total. The molecule has 1 heterocycles. The normalized spacial score (nSPS) is 10.5. The molecular weight excluding hydrogens is 318 g/mol. The van der Waals surface area contributed by atoms with Crippen LogP contribution in [0.1, 0.15) is 17.6 Å². The molecular formula is C9H7BrF2N2O4. The van der Waals surface area contributed by atoms with Gasteiger partial charge in [0.2, 0.25) is 4.60 Å². The Morgan fingerprint density at radius 1 is 1.67 bits per heavy atom. The van der Waals surface area contributed by atoms with Crippen molar-refractivity contribution in [1.82, 2.24) is 4.98 Å². The van der Waals surface area contributed by atoms with E-state index in [1.807, 2.05) is 0 Å². The van der Waals surface area contributed by atoms with E-state index in [0.29, 0.717) is 6.07 Å². The summed E-state index contributed by atoms with van der Waals surface area (Å²) in [6, 6.07) is 0.647. The van der Waals surface area contributed by atoms with Crippen LogP contribution >= 0.6 is 15.9 Å². The molecule has 1 aromatic heterocycles. The van der Waals surface area contributed by atoms with Crippen LogP contribution in [0.5, 0.6) is 0 Å². The number of alkyl halides is 2. The average molecular weight is 325 g/mol. The highest BCUT2D eigenvalue weighted by Crippen LogP contribution is 2.31. The first-order valence-corrected chi connectivity index (χ1v) is 5.34. The van der Waals surface area contributed by atoms with Crippen LogP contribution in [0.4, 0.5) is 14.6 Å². The van der Waals surface area contributed by atoms with E-state index in [4.69, 9.17) is 0 Å². The number of nitrogens with zero attached hydrogens (tertiary/aromatic N) is 2. The number of methoxy groups -OCH3 is 1. The van der Waals surface area contributed by atoms with Gasteiger partial charge in [-0.25, -0.2) is 8.78 Å². The number of halogens is 3. The minimum Gasteiger partial charge on any atom is -0.469 e. The number of aromatic nitrogens is 1. The largest absolute Gasteiger partial charge is 0.469 e. The lowest BCUT2D eigenvalue weighted by Gasteiger charge is -2.07. The monoisotopic (exact) mass is 324 g/mol. The molecule has 1 rings (SSSR count). The van der Waals surface area contributed by atoms with E-state index in [1.54, 1.807) is 0 Å². The molecule has 0 unspecified atom stereocenters. The summed E-state index contributed by atoms with van der Waals surface area (Å²) in [5, 5.41) is 10.5. The van der Waals surface area contributed by atoms with Crippen LogP contribution in [0.15, 0.2) is 10.7 Å². The molecule has 0 radical (unpaired) electrons. The molecule has 0 N–H and O–H groups in total. The molecule has 0 saturated carbocycles. The summed E-state index contributed by atoms with van der Waals surface area (Å²) in [5.74, 6) is -1.46. The molecule has 9 heteroatoms. The number of rotatable bonds is 4. The molecule has 1 aromatic rings. The molecule has 0 saturated heterocycles. The van der Waals surface area contributed by atoms with Crippen LogP contribution in [0, 0.1) is 10.1 Å². The Hall–Kier alpha value is -1.64. The maximum Gasteiger partial charge on any atom is 0.365 e. The molecule has 0 aliphatic carbocycles. The number of carbonyl (C=O) groups excluding carboxylic acids is 1. The standard InChI is InChI=1S/C9H7BrF2N2O4/c1-18-7(15)3-4-5(9(11)12)2-6(14(16)17)13-8(4)10/h2,9H,3H2,1H3. The molecule has 18 heavy (non-hydrogen) atoms. The van der Waals surface area contributed by atoms with Crippen molar-refractivity contribution in [3.05, 3.63) is 31.9 Å². The Balaban J connectivity index is 3.31. The lowest BCUT2D eigenvalue weighted by molar-refractivity contribution is -0.389. The lowest BCUT2D eigenvalue weighted by Crippen LogP contribution is -2.10. The zero-order valence-corrected chi connectivity index (χ0v) is 10.6. The van der Waals surface area contributed by atoms with E-state index in [0.717, 1.165) is 7.11 Å². The Morgan fingerprint density at radius 3 is 2.72 bits per heavy atom. The van der Waals surface area contributed by atoms with Gasteiger partial charge in [-0.15, -0.1) is 0 Å². The lowest BCUT2D eigenvalue weighted by atomic mass is 10.1. The van der Waals surface area contributed by atoms with Gasteiger partial charge in [0.25, 0.3) is 6.43 Å². The second-order valence-electron chi connectivity index (χ2n) is 3.15. The van der Waals surface area contributed by atoms with E-state index in [2.05, 4.69) is 25.7 Å². The summed E-state index contributed by atoms with van der Waals surface area (Å²) in [7, 11) is 1.11. The number of ether oxygens (including phenoxy) is 1. The Morgan fingerprint density at radius 2 is 2.28 bits per heavy atom. The highest BCUT2D eigenvalue weighted by atomic mass is 79.9. The molecule has 0 aliphatic heterocycles. The minimum absolute atomic E-state index is 0.123. The van der Waals surface area contributed by atoms with Gasteiger partial charge in [-0.1, -0.05) is 0 Å². The van der Waals surface area contributed by atoms with Gasteiger partial charge in [-0.2, -0.15) is 0 Å². The van der Waals surface area contributed by atoms with Gasteiger partial charge in [0.15, 0.2) is 0 Å². The summed E-state index contributed by atoms with van der Waals surface area (Å²) in [6.07, 6.45) is -3.40. The first-order chi connectivity index (χ1) is 8.36. The third-order valence-electron chi connectivity index (χ3n) is 2.07. The molecule has 0 atom stereocenters. The highest BCUT2D eigenvalue weighted by Gasteiger charge is 2.25. The summed E-state index contributed by atoms with van der Waals surface area (Å²) < 4.78 is 29.8. The predicted octanol–water partition coefficient (Wildman–Crippen LogP) is 2.41. The average Bonchev–Trinajstić information content (AvgIpc) is 2.30. The van der Waals surface area contributed by atoms with Gasteiger partial charge < -0.3 is 14.9 Å². The van der Waals surface area contributed by atoms with Crippen molar-refractivity contribution >= 4 is 27.7 Å². The van der Waals surface area contributed by atoms with Crippen LogP contribution in [0.2, 0.25) is 0 Å². The van der Waals surface area contributed by atoms with E-state index >= 15 is 0 Å². The van der Waals surface area contributed by atoms with Crippen LogP contribution in [0.25, 0.3) is 0 Å². The van der Waals surface area contributed by atoms with Gasteiger partial charge in [-0.3, -0.25) is 4.79 Å². The number of hydrogen-bond acceptors (Lipinski definition) is 5. The summed E-state index contributed by atoms with van der Waals surface area (Å²) in [6.45, 7) is 0. The smallest absolute Gasteiger partial charge is 0.365 e. The zero-order valence-electron chi connectivity index (χ0n) is 9.02. The highest BCUT2D eigenvalue weighted by molar-refractivity contribution is 9.10. The van der Waals surface area contributed by atoms with Gasteiger partial charge in [0, 0.05) is 33.1 Å². The van der Waals surface area contributed by atoms with Gasteiger partial charge in [0.1, 0.15) is 0 Å². The molecule has 0 amide bonds. The number of hydrogen-bond donors (Lipinski definition) is 0. The first kappa shape index (κ1) is 14.4. The van der Waals surface area contributed by atoms with E-state index in [9.17, 15) is 23.7 Å². The van der Waals surface area contributed by atoms with Crippen LogP contribution in [-0.2, 0) is 16.0 Å². The molecule has 0 fully saturated rings. The quantitative estimate of drug-likeness (QED) is 0.367. The minimum atomic E-state index is -2.96. The Labute approximate surface area is 108 Å². The third kappa shape index (κ3) is 3.19. The van der Waals surface area contributed by atoms with Crippen LogP contribution in [0.3, 0.4) is 0 Å². The maximum atomic E-state index is 12.8. The van der Waals surface area contributed by atoms with E-state index < -0.39 is 35.1 Å². The fraction of sp³-hybridized carbons (Fsp3) is 0.333. The van der Waals surface area contributed by atoms with Crippen LogP contribution in [-0.4, -0.2) is 23.0 Å². The molecule has 0 bridgehead atoms. The van der Waals surface area contributed by atoms with Crippen molar-refractivity contribution in [2.45, 2.75) is 12.8 Å². The second-order valence-corrected chi connectivity index (χ2v) is 3.90. The topological polar surface area (TPSA) is 82.3 Å². The number of carbonyl (C=O) groups is 1. The fourth-order valence-corrected chi connectivity index (χ4v) is 1.78. The number of pyridine rings is 1. The van der Waals surface area contributed by atoms with Gasteiger partial charge >= 0.3 is 11.8 Å². The molecule has 0 aliphatic rings. The Bertz CT molecular complexity index is 496. The third-order valence-corrected chi connectivity index (χ3v) is 2.72.